The Morgan fingerprint density at radius 2 is 2.00 bits per heavy atom. The van der Waals surface area contributed by atoms with Crippen molar-refractivity contribution in [3.8, 4) is 0 Å². The lowest BCUT2D eigenvalue weighted by molar-refractivity contribution is 0.385. The first-order valence-corrected chi connectivity index (χ1v) is 8.56. The maximum Gasteiger partial charge on any atom is 0.0579 e. The van der Waals surface area contributed by atoms with Gasteiger partial charge in [0.25, 0.3) is 0 Å². The van der Waals surface area contributed by atoms with Crippen LogP contribution < -0.4 is 5.32 Å². The largest absolute Gasteiger partial charge is 0.313 e. The maximum absolute atomic E-state index is 12.9. The predicted octanol–water partition coefficient (Wildman–Crippen LogP) is 3.33. The number of nitrogens with one attached hydrogen (secondary N) is 1. The highest BCUT2D eigenvalue weighted by Gasteiger charge is 2.30. The molecular formula is C16H25NOS. The molecule has 106 valence electrons. The average molecular weight is 279 g/mol. The lowest BCUT2D eigenvalue weighted by Gasteiger charge is -2.31. The van der Waals surface area contributed by atoms with Crippen LogP contribution in [0.15, 0.2) is 23.1 Å². The second-order valence-corrected chi connectivity index (χ2v) is 7.19. The Hall–Kier alpha value is -0.670. The first-order chi connectivity index (χ1) is 9.13. The van der Waals surface area contributed by atoms with Crippen LogP contribution in [-0.2, 0) is 10.8 Å². The summed E-state index contributed by atoms with van der Waals surface area (Å²) in [5.74, 6) is 0. The molecule has 2 rings (SSSR count). The van der Waals surface area contributed by atoms with Gasteiger partial charge in [-0.3, -0.25) is 4.21 Å². The summed E-state index contributed by atoms with van der Waals surface area (Å²) in [4.78, 5) is 1.04. The highest BCUT2D eigenvalue weighted by Crippen LogP contribution is 2.28. The molecule has 3 atom stereocenters. The number of hydrogen-bond donors (Lipinski definition) is 1. The minimum atomic E-state index is -0.886. The Bertz CT molecular complexity index is 456. The van der Waals surface area contributed by atoms with Crippen LogP contribution >= 0.6 is 0 Å². The van der Waals surface area contributed by atoms with Crippen LogP contribution in [0.2, 0.25) is 0 Å². The summed E-state index contributed by atoms with van der Waals surface area (Å²) in [5.41, 5.74) is 2.36. The topological polar surface area (TPSA) is 29.1 Å². The molecule has 2 nitrogen and oxygen atoms in total. The van der Waals surface area contributed by atoms with Crippen molar-refractivity contribution in [2.75, 3.05) is 6.54 Å². The van der Waals surface area contributed by atoms with Crippen molar-refractivity contribution >= 4 is 10.8 Å². The quantitative estimate of drug-likeness (QED) is 0.916. The van der Waals surface area contributed by atoms with Gasteiger partial charge in [0.2, 0.25) is 0 Å². The van der Waals surface area contributed by atoms with Crippen LogP contribution in [-0.4, -0.2) is 22.0 Å². The smallest absolute Gasteiger partial charge is 0.0579 e. The number of aryl methyl sites for hydroxylation is 2. The van der Waals surface area contributed by atoms with Crippen LogP contribution in [0.25, 0.3) is 0 Å². The summed E-state index contributed by atoms with van der Waals surface area (Å²) < 4.78 is 12.9. The number of benzene rings is 1. The fourth-order valence-electron chi connectivity index (χ4n) is 2.94. The molecule has 1 aliphatic rings. The zero-order valence-electron chi connectivity index (χ0n) is 12.2. The van der Waals surface area contributed by atoms with E-state index in [1.165, 1.54) is 18.4 Å². The summed E-state index contributed by atoms with van der Waals surface area (Å²) in [6.45, 7) is 7.23. The first kappa shape index (κ1) is 14.7. The van der Waals surface area contributed by atoms with Gasteiger partial charge in [-0.05, 0) is 50.4 Å². The second-order valence-electron chi connectivity index (χ2n) is 5.55. The van der Waals surface area contributed by atoms with Crippen molar-refractivity contribution in [2.45, 2.75) is 62.6 Å². The van der Waals surface area contributed by atoms with Gasteiger partial charge in [-0.2, -0.15) is 0 Å². The molecule has 0 radical (unpaired) electrons. The predicted molar refractivity (Wildman–Crippen MR) is 82.0 cm³/mol. The van der Waals surface area contributed by atoms with Gasteiger partial charge in [-0.25, -0.2) is 0 Å². The number of hydrogen-bond acceptors (Lipinski definition) is 2. The molecule has 0 saturated heterocycles. The summed E-state index contributed by atoms with van der Waals surface area (Å²) in [7, 11) is -0.886. The molecular weight excluding hydrogens is 254 g/mol. The van der Waals surface area contributed by atoms with Gasteiger partial charge in [-0.1, -0.05) is 31.9 Å². The molecule has 3 unspecified atom stereocenters. The summed E-state index contributed by atoms with van der Waals surface area (Å²) in [5, 5.41) is 3.80. The van der Waals surface area contributed by atoms with Gasteiger partial charge in [0.15, 0.2) is 0 Å². The molecule has 0 spiro atoms. The SMILES string of the molecule is CCNC1CCCCC1S(=O)c1cc(C)ccc1C. The van der Waals surface area contributed by atoms with Crippen molar-refractivity contribution in [1.82, 2.24) is 5.32 Å². The lowest BCUT2D eigenvalue weighted by atomic mass is 9.95. The summed E-state index contributed by atoms with van der Waals surface area (Å²) in [6.07, 6.45) is 4.72. The van der Waals surface area contributed by atoms with Gasteiger partial charge in [0.05, 0.1) is 16.0 Å². The van der Waals surface area contributed by atoms with Gasteiger partial charge in [0.1, 0.15) is 0 Å². The molecule has 1 aromatic carbocycles. The standard InChI is InChI=1S/C16H25NOS/c1-4-17-14-7-5-6-8-15(14)19(18)16-11-12(2)9-10-13(16)3/h9-11,14-15,17H,4-8H2,1-3H3. The fraction of sp³-hybridized carbons (Fsp3) is 0.625. The van der Waals surface area contributed by atoms with Crippen LogP contribution in [0.1, 0.15) is 43.7 Å². The molecule has 1 N–H and O–H groups in total. The van der Waals surface area contributed by atoms with E-state index in [0.717, 1.165) is 29.8 Å². The van der Waals surface area contributed by atoms with E-state index in [1.807, 2.05) is 0 Å². The normalized spacial score (nSPS) is 25.2. The minimum absolute atomic E-state index is 0.272. The molecule has 1 saturated carbocycles. The Balaban J connectivity index is 2.23. The maximum atomic E-state index is 12.9. The zero-order valence-corrected chi connectivity index (χ0v) is 13.1. The van der Waals surface area contributed by atoms with Crippen LogP contribution in [0.3, 0.4) is 0 Å². The van der Waals surface area contributed by atoms with Crippen molar-refractivity contribution < 1.29 is 4.21 Å². The molecule has 0 heterocycles. The fourth-order valence-corrected chi connectivity index (χ4v) is 4.86. The van der Waals surface area contributed by atoms with E-state index in [-0.39, 0.29) is 5.25 Å². The zero-order chi connectivity index (χ0) is 13.8. The minimum Gasteiger partial charge on any atom is -0.313 e. The van der Waals surface area contributed by atoms with Crippen molar-refractivity contribution in [1.29, 1.82) is 0 Å². The van der Waals surface area contributed by atoms with E-state index in [1.54, 1.807) is 0 Å². The van der Waals surface area contributed by atoms with Crippen LogP contribution in [0, 0.1) is 13.8 Å². The molecule has 1 aliphatic carbocycles. The highest BCUT2D eigenvalue weighted by molar-refractivity contribution is 7.85. The monoisotopic (exact) mass is 279 g/mol. The summed E-state index contributed by atoms with van der Waals surface area (Å²) in [6, 6.07) is 6.70. The van der Waals surface area contributed by atoms with E-state index in [9.17, 15) is 4.21 Å². The van der Waals surface area contributed by atoms with Crippen LogP contribution in [0.5, 0.6) is 0 Å². The van der Waals surface area contributed by atoms with E-state index >= 15 is 0 Å². The second kappa shape index (κ2) is 6.67. The van der Waals surface area contributed by atoms with E-state index < -0.39 is 10.8 Å². The van der Waals surface area contributed by atoms with Gasteiger partial charge in [-0.15, -0.1) is 0 Å². The highest BCUT2D eigenvalue weighted by atomic mass is 32.2. The van der Waals surface area contributed by atoms with Gasteiger partial charge in [0, 0.05) is 10.9 Å². The van der Waals surface area contributed by atoms with E-state index in [2.05, 4.69) is 44.3 Å². The Morgan fingerprint density at radius 1 is 1.26 bits per heavy atom. The third-order valence-electron chi connectivity index (χ3n) is 4.00. The van der Waals surface area contributed by atoms with Crippen molar-refractivity contribution in [2.24, 2.45) is 0 Å². The van der Waals surface area contributed by atoms with Crippen molar-refractivity contribution in [3.63, 3.8) is 0 Å². The van der Waals surface area contributed by atoms with E-state index in [4.69, 9.17) is 0 Å². The Morgan fingerprint density at radius 3 is 2.74 bits per heavy atom. The Labute approximate surface area is 119 Å². The molecule has 0 aromatic heterocycles. The first-order valence-electron chi connectivity index (χ1n) is 7.34. The molecule has 19 heavy (non-hydrogen) atoms. The van der Waals surface area contributed by atoms with E-state index in [0.29, 0.717) is 6.04 Å². The Kier molecular flexibility index (Phi) is 5.17. The van der Waals surface area contributed by atoms with Crippen LogP contribution in [0.4, 0.5) is 0 Å². The van der Waals surface area contributed by atoms with Gasteiger partial charge < -0.3 is 5.32 Å². The molecule has 1 fully saturated rings. The lowest BCUT2D eigenvalue weighted by Crippen LogP contribution is -2.44. The molecule has 3 heteroatoms. The molecule has 0 amide bonds. The van der Waals surface area contributed by atoms with Crippen molar-refractivity contribution in [3.05, 3.63) is 29.3 Å². The summed E-state index contributed by atoms with van der Waals surface area (Å²) >= 11 is 0. The third kappa shape index (κ3) is 3.46. The average Bonchev–Trinajstić information content (AvgIpc) is 2.42. The molecule has 0 aliphatic heterocycles. The number of rotatable bonds is 4. The van der Waals surface area contributed by atoms with Gasteiger partial charge >= 0.3 is 0 Å². The molecule has 0 bridgehead atoms. The molecule has 1 aromatic rings. The third-order valence-corrected chi connectivity index (χ3v) is 5.99.